The quantitative estimate of drug-likeness (QED) is 0.875. The van der Waals surface area contributed by atoms with Crippen molar-refractivity contribution in [2.45, 2.75) is 0 Å². The molecule has 0 radical (unpaired) electrons. The lowest BCUT2D eigenvalue weighted by Crippen LogP contribution is -2.08. The number of nitrogens with two attached hydrogens (primary N) is 1. The molecule has 0 amide bonds. The van der Waals surface area contributed by atoms with Gasteiger partial charge in [-0.1, -0.05) is 35.4 Å². The summed E-state index contributed by atoms with van der Waals surface area (Å²) in [5.41, 5.74) is 6.20. The summed E-state index contributed by atoms with van der Waals surface area (Å²) in [7, 11) is 0. The monoisotopic (exact) mass is 298 g/mol. The number of hydrogen-bond donors (Lipinski definition) is 1. The second-order valence-electron chi connectivity index (χ2n) is 3.45. The molecule has 0 aliphatic heterocycles. The Morgan fingerprint density at radius 2 is 2.00 bits per heavy atom. The summed E-state index contributed by atoms with van der Waals surface area (Å²) in [5, 5.41) is 0.906. The van der Waals surface area contributed by atoms with E-state index in [9.17, 15) is 0 Å². The van der Waals surface area contributed by atoms with Gasteiger partial charge in [-0.25, -0.2) is 0 Å². The van der Waals surface area contributed by atoms with Crippen molar-refractivity contribution in [2.24, 2.45) is 5.73 Å². The lowest BCUT2D eigenvalue weighted by Gasteiger charge is -2.08. The van der Waals surface area contributed by atoms with Crippen LogP contribution >= 0.6 is 35.4 Å². The van der Waals surface area contributed by atoms with Crippen molar-refractivity contribution in [3.63, 3.8) is 0 Å². The van der Waals surface area contributed by atoms with Crippen LogP contribution < -0.4 is 10.5 Å². The smallest absolute Gasteiger partial charge is 0.147 e. The minimum Gasteiger partial charge on any atom is -0.454 e. The third-order valence-electron chi connectivity index (χ3n) is 2.12. The van der Waals surface area contributed by atoms with Gasteiger partial charge in [-0.05, 0) is 18.2 Å². The zero-order valence-corrected chi connectivity index (χ0v) is 11.4. The number of hydrogen-bond acceptors (Lipinski definition) is 3. The third-order valence-corrected chi connectivity index (χ3v) is 2.86. The molecule has 0 saturated carbocycles. The van der Waals surface area contributed by atoms with Crippen molar-refractivity contribution in [2.75, 3.05) is 0 Å². The summed E-state index contributed by atoms with van der Waals surface area (Å²) in [6.45, 7) is 0. The zero-order chi connectivity index (χ0) is 13.1. The van der Waals surface area contributed by atoms with E-state index >= 15 is 0 Å². The van der Waals surface area contributed by atoms with E-state index < -0.39 is 0 Å². The molecule has 18 heavy (non-hydrogen) atoms. The van der Waals surface area contributed by atoms with Crippen LogP contribution in [0.3, 0.4) is 0 Å². The molecule has 0 spiro atoms. The first-order valence-electron chi connectivity index (χ1n) is 4.94. The highest BCUT2D eigenvalue weighted by atomic mass is 35.5. The van der Waals surface area contributed by atoms with Gasteiger partial charge in [0.1, 0.15) is 16.5 Å². The van der Waals surface area contributed by atoms with Gasteiger partial charge in [-0.15, -0.1) is 0 Å². The zero-order valence-electron chi connectivity index (χ0n) is 9.06. The maximum atomic E-state index is 6.07. The molecule has 2 N–H and O–H groups in total. The molecule has 1 aromatic carbocycles. The van der Waals surface area contributed by atoms with Crippen LogP contribution in [-0.4, -0.2) is 9.97 Å². The average molecular weight is 299 g/mol. The van der Waals surface area contributed by atoms with E-state index in [1.54, 1.807) is 30.5 Å². The van der Waals surface area contributed by atoms with Crippen molar-refractivity contribution in [3.8, 4) is 11.5 Å². The molecule has 0 aliphatic rings. The fourth-order valence-corrected chi connectivity index (χ4v) is 1.82. The van der Waals surface area contributed by atoms with E-state index in [4.69, 9.17) is 45.9 Å². The van der Waals surface area contributed by atoms with E-state index in [0.29, 0.717) is 27.1 Å². The average Bonchev–Trinajstić information content (AvgIpc) is 2.31. The minimum atomic E-state index is 0.285. The fraction of sp³-hybridized carbons (Fsp3) is 0. The molecular formula is C12H8Cl2N2OS. The summed E-state index contributed by atoms with van der Waals surface area (Å²) in [6.07, 6.45) is 3.07. The Bertz CT molecular complexity index is 604. The van der Waals surface area contributed by atoms with E-state index in [1.165, 1.54) is 6.20 Å². The van der Waals surface area contributed by atoms with Gasteiger partial charge in [-0.2, -0.15) is 0 Å². The molecule has 92 valence electrons. The fourth-order valence-electron chi connectivity index (χ4n) is 1.31. The number of aromatic nitrogens is 1. The molecule has 0 saturated heterocycles. The number of nitrogens with zero attached hydrogens (tertiary/aromatic N) is 1. The molecule has 1 aromatic heterocycles. The van der Waals surface area contributed by atoms with Crippen LogP contribution in [0.2, 0.25) is 10.0 Å². The van der Waals surface area contributed by atoms with Crippen LogP contribution in [0.1, 0.15) is 5.56 Å². The molecule has 0 fully saturated rings. The summed E-state index contributed by atoms with van der Waals surface area (Å²) < 4.78 is 5.56. The van der Waals surface area contributed by atoms with Gasteiger partial charge < -0.3 is 10.5 Å². The van der Waals surface area contributed by atoms with Gasteiger partial charge in [0.15, 0.2) is 0 Å². The maximum Gasteiger partial charge on any atom is 0.147 e. The summed E-state index contributed by atoms with van der Waals surface area (Å²) in [6, 6.07) is 6.73. The maximum absolute atomic E-state index is 6.07. The molecule has 2 aromatic rings. The van der Waals surface area contributed by atoms with Crippen molar-refractivity contribution in [1.29, 1.82) is 0 Å². The highest BCUT2D eigenvalue weighted by Crippen LogP contribution is 2.30. The molecule has 1 heterocycles. The third kappa shape index (κ3) is 3.10. The van der Waals surface area contributed by atoms with Crippen LogP contribution in [0.5, 0.6) is 11.5 Å². The van der Waals surface area contributed by atoms with Crippen LogP contribution in [0, 0.1) is 0 Å². The van der Waals surface area contributed by atoms with Crippen LogP contribution in [0.4, 0.5) is 0 Å². The van der Waals surface area contributed by atoms with Crippen molar-refractivity contribution in [1.82, 2.24) is 4.98 Å². The lowest BCUT2D eigenvalue weighted by molar-refractivity contribution is 0.480. The van der Waals surface area contributed by atoms with Gasteiger partial charge in [0, 0.05) is 17.8 Å². The van der Waals surface area contributed by atoms with Gasteiger partial charge >= 0.3 is 0 Å². The predicted molar refractivity (Wildman–Crippen MR) is 76.7 cm³/mol. The Hall–Kier alpha value is -1.36. The SMILES string of the molecule is NC(=S)c1ccc(Oc2cncc(Cl)c2)c(Cl)c1. The van der Waals surface area contributed by atoms with Crippen LogP contribution in [0.15, 0.2) is 36.7 Å². The molecule has 6 heteroatoms. The number of thiocarbonyl (C=S) groups is 1. The van der Waals surface area contributed by atoms with E-state index in [0.717, 1.165) is 0 Å². The first-order chi connectivity index (χ1) is 8.56. The number of ether oxygens (including phenoxy) is 1. The summed E-state index contributed by atoms with van der Waals surface area (Å²) in [5.74, 6) is 0.994. The first kappa shape index (κ1) is 13.1. The van der Waals surface area contributed by atoms with Gasteiger partial charge in [0.05, 0.1) is 16.2 Å². The van der Waals surface area contributed by atoms with Gasteiger partial charge in [0.25, 0.3) is 0 Å². The second kappa shape index (κ2) is 5.52. The Balaban J connectivity index is 2.27. The molecule has 0 aliphatic carbocycles. The van der Waals surface area contributed by atoms with Gasteiger partial charge in [0.2, 0.25) is 0 Å². The minimum absolute atomic E-state index is 0.285. The van der Waals surface area contributed by atoms with E-state index in [1.807, 2.05) is 0 Å². The highest BCUT2D eigenvalue weighted by molar-refractivity contribution is 7.80. The van der Waals surface area contributed by atoms with E-state index in [-0.39, 0.29) is 4.99 Å². The Morgan fingerprint density at radius 3 is 2.61 bits per heavy atom. The van der Waals surface area contributed by atoms with E-state index in [2.05, 4.69) is 4.98 Å². The normalized spacial score (nSPS) is 10.1. The summed E-state index contributed by atoms with van der Waals surface area (Å²) in [4.78, 5) is 4.20. The Kier molecular flexibility index (Phi) is 4.01. The predicted octanol–water partition coefficient (Wildman–Crippen LogP) is 3.81. The Labute approximate surface area is 119 Å². The number of pyridine rings is 1. The second-order valence-corrected chi connectivity index (χ2v) is 4.73. The molecule has 0 bridgehead atoms. The molecule has 0 atom stereocenters. The largest absolute Gasteiger partial charge is 0.454 e. The lowest BCUT2D eigenvalue weighted by atomic mass is 10.2. The first-order valence-corrected chi connectivity index (χ1v) is 6.10. The number of halogens is 2. The molecule has 2 rings (SSSR count). The van der Waals surface area contributed by atoms with Crippen LogP contribution in [0.25, 0.3) is 0 Å². The standard InChI is InChI=1S/C12H8Cl2N2OS/c13-8-4-9(6-16-5-8)17-11-2-1-7(12(15)18)3-10(11)14/h1-6H,(H2,15,18). The van der Waals surface area contributed by atoms with Crippen molar-refractivity contribution in [3.05, 3.63) is 52.3 Å². The van der Waals surface area contributed by atoms with Crippen molar-refractivity contribution < 1.29 is 4.74 Å². The topological polar surface area (TPSA) is 48.1 Å². The Morgan fingerprint density at radius 1 is 1.22 bits per heavy atom. The molecular weight excluding hydrogens is 291 g/mol. The van der Waals surface area contributed by atoms with Crippen molar-refractivity contribution >= 4 is 40.4 Å². The molecule has 3 nitrogen and oxygen atoms in total. The highest BCUT2D eigenvalue weighted by Gasteiger charge is 2.06. The molecule has 0 unspecified atom stereocenters. The number of rotatable bonds is 3. The number of benzene rings is 1. The summed E-state index contributed by atoms with van der Waals surface area (Å²) >= 11 is 16.7. The van der Waals surface area contributed by atoms with Gasteiger partial charge in [-0.3, -0.25) is 4.98 Å². The van der Waals surface area contributed by atoms with Crippen LogP contribution in [-0.2, 0) is 0 Å².